The fraction of sp³-hybridized carbons (Fsp3) is 0.667. The number of nitriles is 1. The normalized spacial score (nSPS) is 28.8. The van der Waals surface area contributed by atoms with E-state index < -0.39 is 12.2 Å². The number of hydrogen-bond acceptors (Lipinski definition) is 3. The van der Waals surface area contributed by atoms with Crippen LogP contribution in [0.5, 0.6) is 0 Å². The minimum atomic E-state index is -1.15. The van der Waals surface area contributed by atoms with E-state index in [1.807, 2.05) is 6.07 Å². The molecule has 0 radical (unpaired) electrons. The van der Waals surface area contributed by atoms with Crippen molar-refractivity contribution in [3.63, 3.8) is 0 Å². The van der Waals surface area contributed by atoms with Crippen LogP contribution < -0.4 is 10.6 Å². The second-order valence-corrected chi connectivity index (χ2v) is 3.83. The summed E-state index contributed by atoms with van der Waals surface area (Å²) in [6.07, 6.45) is -1.06. The van der Waals surface area contributed by atoms with E-state index in [-0.39, 0.29) is 18.0 Å². The first-order chi connectivity index (χ1) is 7.51. The molecule has 1 saturated carbocycles. The first kappa shape index (κ1) is 12.1. The van der Waals surface area contributed by atoms with E-state index in [9.17, 15) is 9.59 Å². The molecule has 2 atom stereocenters. The highest BCUT2D eigenvalue weighted by atomic mass is 16.4. The van der Waals surface area contributed by atoms with Crippen LogP contribution in [0.15, 0.2) is 0 Å². The van der Waals surface area contributed by atoms with Crippen molar-refractivity contribution in [2.24, 2.45) is 5.92 Å². The molecule has 2 unspecified atom stereocenters. The lowest BCUT2D eigenvalue weighted by atomic mass is 9.83. The van der Waals surface area contributed by atoms with Crippen LogP contribution in [0.2, 0.25) is 0 Å². The molecule has 0 bridgehead atoms. The zero-order valence-corrected chi connectivity index (χ0v) is 8.51. The summed E-state index contributed by atoms with van der Waals surface area (Å²) in [5.74, 6) is -0.317. The van der Waals surface area contributed by atoms with Crippen LogP contribution in [-0.2, 0) is 0 Å². The predicted molar refractivity (Wildman–Crippen MR) is 52.9 cm³/mol. The minimum absolute atomic E-state index is 0.317. The predicted octanol–water partition coefficient (Wildman–Crippen LogP) is 0.582. The third-order valence-corrected chi connectivity index (χ3v) is 2.54. The molecule has 2 amide bonds. The summed E-state index contributed by atoms with van der Waals surface area (Å²) >= 11 is 0. The maximum atomic E-state index is 10.5. The molecule has 1 aliphatic carbocycles. The van der Waals surface area contributed by atoms with Gasteiger partial charge in [-0.05, 0) is 19.3 Å². The largest absolute Gasteiger partial charge is 0.465 e. The molecule has 0 spiro atoms. The summed E-state index contributed by atoms with van der Waals surface area (Å²) in [6.45, 7) is 0. The maximum absolute atomic E-state index is 10.5. The first-order valence-corrected chi connectivity index (χ1v) is 4.89. The van der Waals surface area contributed by atoms with Crippen LogP contribution in [0.3, 0.4) is 0 Å². The third kappa shape index (κ3) is 3.65. The van der Waals surface area contributed by atoms with Gasteiger partial charge < -0.3 is 20.8 Å². The van der Waals surface area contributed by atoms with Gasteiger partial charge in [0.1, 0.15) is 0 Å². The molecule has 7 heteroatoms. The molecule has 0 saturated heterocycles. The van der Waals surface area contributed by atoms with Crippen LogP contribution in [0, 0.1) is 17.2 Å². The quantitative estimate of drug-likeness (QED) is 0.549. The van der Waals surface area contributed by atoms with Gasteiger partial charge >= 0.3 is 12.2 Å². The molecule has 0 heterocycles. The molecule has 0 aromatic rings. The van der Waals surface area contributed by atoms with Crippen LogP contribution in [-0.4, -0.2) is 34.5 Å². The van der Waals surface area contributed by atoms with Gasteiger partial charge in [0.25, 0.3) is 0 Å². The Morgan fingerprint density at radius 3 is 1.81 bits per heavy atom. The first-order valence-electron chi connectivity index (χ1n) is 4.89. The molecule has 0 aliphatic heterocycles. The Morgan fingerprint density at radius 1 is 1.06 bits per heavy atom. The van der Waals surface area contributed by atoms with Crippen molar-refractivity contribution in [2.75, 3.05) is 0 Å². The number of amides is 2. The minimum Gasteiger partial charge on any atom is -0.465 e. The lowest BCUT2D eigenvalue weighted by Crippen LogP contribution is -2.47. The fourth-order valence-electron chi connectivity index (χ4n) is 2.01. The van der Waals surface area contributed by atoms with Crippen LogP contribution in [0.25, 0.3) is 0 Å². The molecule has 1 aliphatic rings. The molecule has 7 nitrogen and oxygen atoms in total. The molecule has 88 valence electrons. The fourth-order valence-corrected chi connectivity index (χ4v) is 2.01. The molecular weight excluding hydrogens is 214 g/mol. The van der Waals surface area contributed by atoms with E-state index in [0.29, 0.717) is 19.3 Å². The lowest BCUT2D eigenvalue weighted by molar-refractivity contribution is 0.171. The van der Waals surface area contributed by atoms with Crippen molar-refractivity contribution in [1.82, 2.24) is 10.6 Å². The second-order valence-electron chi connectivity index (χ2n) is 3.83. The number of nitrogens with one attached hydrogen (secondary N) is 2. The Kier molecular flexibility index (Phi) is 3.94. The summed E-state index contributed by atoms with van der Waals surface area (Å²) in [7, 11) is 0. The van der Waals surface area contributed by atoms with Gasteiger partial charge in [0, 0.05) is 12.1 Å². The lowest BCUT2D eigenvalue weighted by Gasteiger charge is -2.31. The monoisotopic (exact) mass is 227 g/mol. The third-order valence-electron chi connectivity index (χ3n) is 2.54. The van der Waals surface area contributed by atoms with E-state index in [0.717, 1.165) is 0 Å². The highest BCUT2D eigenvalue weighted by Gasteiger charge is 2.30. The van der Waals surface area contributed by atoms with Crippen LogP contribution in [0.4, 0.5) is 9.59 Å². The second kappa shape index (κ2) is 5.21. The van der Waals surface area contributed by atoms with E-state index >= 15 is 0 Å². The van der Waals surface area contributed by atoms with E-state index in [1.165, 1.54) is 0 Å². The smallest absolute Gasteiger partial charge is 0.404 e. The highest BCUT2D eigenvalue weighted by molar-refractivity contribution is 5.65. The van der Waals surface area contributed by atoms with Crippen LogP contribution >= 0.6 is 0 Å². The molecule has 0 aromatic heterocycles. The van der Waals surface area contributed by atoms with Crippen molar-refractivity contribution in [1.29, 1.82) is 5.26 Å². The Hall–Kier alpha value is -1.97. The van der Waals surface area contributed by atoms with Crippen molar-refractivity contribution < 1.29 is 19.8 Å². The Balaban J connectivity index is 2.58. The SMILES string of the molecule is N#CC1CC(NC(=O)O)CC(NC(=O)O)C1. The molecular formula is C9H13N3O4. The van der Waals surface area contributed by atoms with Gasteiger partial charge in [0.2, 0.25) is 0 Å². The molecule has 1 rings (SSSR count). The molecule has 4 N–H and O–H groups in total. The summed E-state index contributed by atoms with van der Waals surface area (Å²) in [5.41, 5.74) is 0. The van der Waals surface area contributed by atoms with Gasteiger partial charge in [0.05, 0.1) is 12.0 Å². The van der Waals surface area contributed by atoms with Crippen molar-refractivity contribution >= 4 is 12.2 Å². The van der Waals surface area contributed by atoms with Gasteiger partial charge in [-0.15, -0.1) is 0 Å². The standard InChI is InChI=1S/C9H13N3O4/c10-4-5-1-6(11-8(13)14)3-7(2-5)12-9(15)16/h5-7,11-12H,1-3H2,(H,13,14)(H,15,16). The summed E-state index contributed by atoms with van der Waals surface area (Å²) in [5, 5.41) is 30.5. The van der Waals surface area contributed by atoms with Gasteiger partial charge in [0.15, 0.2) is 0 Å². The van der Waals surface area contributed by atoms with Gasteiger partial charge in [-0.2, -0.15) is 5.26 Å². The summed E-state index contributed by atoms with van der Waals surface area (Å²) in [6, 6.07) is 1.31. The summed E-state index contributed by atoms with van der Waals surface area (Å²) in [4.78, 5) is 20.9. The number of carboxylic acid groups (broad SMARTS) is 2. The summed E-state index contributed by atoms with van der Waals surface area (Å²) < 4.78 is 0. The van der Waals surface area contributed by atoms with Crippen molar-refractivity contribution in [2.45, 2.75) is 31.3 Å². The number of nitrogens with zero attached hydrogens (tertiary/aromatic N) is 1. The zero-order valence-electron chi connectivity index (χ0n) is 8.51. The number of hydrogen-bond donors (Lipinski definition) is 4. The number of rotatable bonds is 2. The van der Waals surface area contributed by atoms with E-state index in [4.69, 9.17) is 15.5 Å². The average Bonchev–Trinajstić information content (AvgIpc) is 2.14. The molecule has 1 fully saturated rings. The van der Waals surface area contributed by atoms with Gasteiger partial charge in [-0.3, -0.25) is 0 Å². The topological polar surface area (TPSA) is 122 Å². The maximum Gasteiger partial charge on any atom is 0.404 e. The van der Waals surface area contributed by atoms with Crippen molar-refractivity contribution in [3.05, 3.63) is 0 Å². The van der Waals surface area contributed by atoms with Crippen LogP contribution in [0.1, 0.15) is 19.3 Å². The average molecular weight is 227 g/mol. The Bertz CT molecular complexity index is 301. The Labute approximate surface area is 92.1 Å². The Morgan fingerprint density at radius 2 is 1.50 bits per heavy atom. The van der Waals surface area contributed by atoms with Crippen molar-refractivity contribution in [3.8, 4) is 6.07 Å². The van der Waals surface area contributed by atoms with Gasteiger partial charge in [-0.25, -0.2) is 9.59 Å². The van der Waals surface area contributed by atoms with E-state index in [1.54, 1.807) is 0 Å². The zero-order chi connectivity index (χ0) is 12.1. The highest BCUT2D eigenvalue weighted by Crippen LogP contribution is 2.24. The van der Waals surface area contributed by atoms with Gasteiger partial charge in [-0.1, -0.05) is 0 Å². The number of carbonyl (C=O) groups is 2. The van der Waals surface area contributed by atoms with E-state index in [2.05, 4.69) is 10.6 Å². The molecule has 16 heavy (non-hydrogen) atoms. The molecule has 0 aromatic carbocycles.